The average Bonchev–Trinajstić information content (AvgIpc) is 3.26. The van der Waals surface area contributed by atoms with Crippen LogP contribution in [0.1, 0.15) is 25.3 Å². The van der Waals surface area contributed by atoms with Crippen molar-refractivity contribution in [2.24, 2.45) is 0 Å². The van der Waals surface area contributed by atoms with Gasteiger partial charge >= 0.3 is 6.09 Å². The lowest BCUT2D eigenvalue weighted by molar-refractivity contribution is 0.0493. The fourth-order valence-electron chi connectivity index (χ4n) is 5.23. The van der Waals surface area contributed by atoms with E-state index < -0.39 is 23.3 Å². The Bertz CT molecular complexity index is 1290. The molecule has 2 atom stereocenters. The number of benzene rings is 2. The molecule has 1 N–H and O–H groups in total. The molecule has 36 heavy (non-hydrogen) atoms. The zero-order chi connectivity index (χ0) is 25.4. The standard InChI is InChI=1S/C26H26F2N4O4/c1-3-26-12-18(36-14-16-7-5-4-6-8-16)13-32(26)22-11-21(29-30-24(22)31(15-26)25(33)34)19-9-17(27)10-20(28)23(19)35-2/h4-11,18H,3,12-15H2,1-2H3,(H,33,34)/t18-,26-/m1/s1. The second kappa shape index (κ2) is 9.34. The maximum atomic E-state index is 14.4. The van der Waals surface area contributed by atoms with Crippen molar-refractivity contribution in [2.45, 2.75) is 38.0 Å². The summed E-state index contributed by atoms with van der Waals surface area (Å²) >= 11 is 0. The van der Waals surface area contributed by atoms with Crippen LogP contribution in [-0.2, 0) is 11.3 Å². The second-order valence-electron chi connectivity index (χ2n) is 9.09. The molecule has 8 nitrogen and oxygen atoms in total. The summed E-state index contributed by atoms with van der Waals surface area (Å²) in [5.41, 5.74) is 1.32. The van der Waals surface area contributed by atoms with Crippen molar-refractivity contribution >= 4 is 17.6 Å². The Balaban J connectivity index is 1.55. The van der Waals surface area contributed by atoms with Crippen LogP contribution in [0.4, 0.5) is 25.1 Å². The number of carbonyl (C=O) groups is 1. The number of aromatic nitrogens is 2. The third kappa shape index (κ3) is 4.11. The van der Waals surface area contributed by atoms with Gasteiger partial charge in [0, 0.05) is 19.0 Å². The van der Waals surface area contributed by atoms with E-state index in [4.69, 9.17) is 9.47 Å². The Morgan fingerprint density at radius 2 is 1.97 bits per heavy atom. The van der Waals surface area contributed by atoms with Gasteiger partial charge in [-0.3, -0.25) is 4.90 Å². The number of halogens is 2. The third-order valence-electron chi connectivity index (χ3n) is 7.03. The molecule has 3 heterocycles. The number of hydrogen-bond donors (Lipinski definition) is 1. The van der Waals surface area contributed by atoms with Crippen LogP contribution in [0.3, 0.4) is 0 Å². The molecule has 188 valence electrons. The van der Waals surface area contributed by atoms with Crippen LogP contribution < -0.4 is 14.5 Å². The minimum Gasteiger partial charge on any atom is -0.493 e. The molecule has 0 bridgehead atoms. The molecule has 0 unspecified atom stereocenters. The summed E-state index contributed by atoms with van der Waals surface area (Å²) in [6.07, 6.45) is -0.00938. The van der Waals surface area contributed by atoms with Crippen molar-refractivity contribution in [3.8, 4) is 17.0 Å². The van der Waals surface area contributed by atoms with Gasteiger partial charge in [0.1, 0.15) is 5.82 Å². The first-order valence-electron chi connectivity index (χ1n) is 11.7. The number of nitrogens with zero attached hydrogens (tertiary/aromatic N) is 4. The van der Waals surface area contributed by atoms with E-state index in [1.807, 2.05) is 37.3 Å². The highest BCUT2D eigenvalue weighted by Crippen LogP contribution is 2.47. The maximum absolute atomic E-state index is 14.4. The molecular formula is C26H26F2N4O4. The highest BCUT2D eigenvalue weighted by Gasteiger charge is 2.51. The van der Waals surface area contributed by atoms with E-state index in [1.54, 1.807) is 6.07 Å². The molecule has 2 aliphatic heterocycles. The first kappa shape index (κ1) is 23.9. The van der Waals surface area contributed by atoms with Crippen molar-refractivity contribution in [3.63, 3.8) is 0 Å². The molecule has 0 spiro atoms. The third-order valence-corrected chi connectivity index (χ3v) is 7.03. The van der Waals surface area contributed by atoms with E-state index in [0.717, 1.165) is 17.7 Å². The van der Waals surface area contributed by atoms with Crippen molar-refractivity contribution in [3.05, 3.63) is 65.7 Å². The Hall–Kier alpha value is -3.79. The first-order valence-corrected chi connectivity index (χ1v) is 11.7. The molecule has 0 radical (unpaired) electrons. The van der Waals surface area contributed by atoms with E-state index in [9.17, 15) is 18.7 Å². The van der Waals surface area contributed by atoms with Crippen molar-refractivity contribution in [1.29, 1.82) is 0 Å². The molecular weight excluding hydrogens is 470 g/mol. The molecule has 10 heteroatoms. The van der Waals surface area contributed by atoms with Gasteiger partial charge in [0.2, 0.25) is 0 Å². The van der Waals surface area contributed by atoms with E-state index in [1.165, 1.54) is 12.0 Å². The van der Waals surface area contributed by atoms with Crippen LogP contribution in [-0.4, -0.2) is 53.2 Å². The van der Waals surface area contributed by atoms with Crippen molar-refractivity contribution < 1.29 is 28.2 Å². The molecule has 2 aliphatic rings. The summed E-state index contributed by atoms with van der Waals surface area (Å²) in [5, 5.41) is 18.3. The molecule has 1 aromatic heterocycles. The molecule has 1 saturated heterocycles. The van der Waals surface area contributed by atoms with Gasteiger partial charge in [-0.1, -0.05) is 37.3 Å². The lowest BCUT2D eigenvalue weighted by Crippen LogP contribution is -2.57. The Kier molecular flexibility index (Phi) is 6.21. The normalized spacial score (nSPS) is 20.7. The van der Waals surface area contributed by atoms with Crippen LogP contribution in [0.5, 0.6) is 5.75 Å². The van der Waals surface area contributed by atoms with Crippen LogP contribution in [0.15, 0.2) is 48.5 Å². The van der Waals surface area contributed by atoms with Gasteiger partial charge in [0.25, 0.3) is 0 Å². The predicted molar refractivity (Wildman–Crippen MR) is 129 cm³/mol. The van der Waals surface area contributed by atoms with E-state index in [0.29, 0.717) is 31.7 Å². The monoisotopic (exact) mass is 496 g/mol. The van der Waals surface area contributed by atoms with Gasteiger partial charge in [-0.05, 0) is 24.1 Å². The first-order chi connectivity index (χ1) is 17.3. The Labute approximate surface area is 207 Å². The highest BCUT2D eigenvalue weighted by atomic mass is 19.1. The van der Waals surface area contributed by atoms with E-state index in [2.05, 4.69) is 15.1 Å². The van der Waals surface area contributed by atoms with Gasteiger partial charge < -0.3 is 19.5 Å². The highest BCUT2D eigenvalue weighted by molar-refractivity contribution is 5.92. The molecule has 5 rings (SSSR count). The van der Waals surface area contributed by atoms with Crippen LogP contribution >= 0.6 is 0 Å². The Morgan fingerprint density at radius 1 is 1.19 bits per heavy atom. The topological polar surface area (TPSA) is 88.0 Å². The van der Waals surface area contributed by atoms with Gasteiger partial charge in [0.05, 0.1) is 48.8 Å². The van der Waals surface area contributed by atoms with E-state index >= 15 is 0 Å². The summed E-state index contributed by atoms with van der Waals surface area (Å²) in [7, 11) is 1.29. The maximum Gasteiger partial charge on any atom is 0.413 e. The smallest absolute Gasteiger partial charge is 0.413 e. The molecule has 1 amide bonds. The van der Waals surface area contributed by atoms with Gasteiger partial charge in [-0.2, -0.15) is 0 Å². The number of ether oxygens (including phenoxy) is 2. The summed E-state index contributed by atoms with van der Waals surface area (Å²) in [6, 6.07) is 13.3. The second-order valence-corrected chi connectivity index (χ2v) is 9.09. The molecule has 2 aromatic carbocycles. The van der Waals surface area contributed by atoms with Crippen molar-refractivity contribution in [1.82, 2.24) is 10.2 Å². The lowest BCUT2D eigenvalue weighted by Gasteiger charge is -2.46. The summed E-state index contributed by atoms with van der Waals surface area (Å²) in [5.74, 6) is -1.63. The van der Waals surface area contributed by atoms with Gasteiger partial charge in [-0.15, -0.1) is 10.2 Å². The quantitative estimate of drug-likeness (QED) is 0.521. The number of anilines is 2. The lowest BCUT2D eigenvalue weighted by atomic mass is 9.89. The summed E-state index contributed by atoms with van der Waals surface area (Å²) < 4.78 is 39.9. The fourth-order valence-corrected chi connectivity index (χ4v) is 5.23. The SMILES string of the molecule is CC[C@]12C[C@@H](OCc3ccccc3)CN1c1cc(-c3cc(F)cc(F)c3OC)nnc1N(C(=O)O)C2. The zero-order valence-corrected chi connectivity index (χ0v) is 19.9. The number of rotatable bonds is 6. The number of hydrogen-bond acceptors (Lipinski definition) is 6. The van der Waals surface area contributed by atoms with Crippen molar-refractivity contribution in [2.75, 3.05) is 30.0 Å². The number of fused-ring (bicyclic) bond motifs is 3. The minimum absolute atomic E-state index is 0.0934. The average molecular weight is 497 g/mol. The number of amides is 1. The van der Waals surface area contributed by atoms with Crippen LogP contribution in [0.2, 0.25) is 0 Å². The van der Waals surface area contributed by atoms with Gasteiger partial charge in [-0.25, -0.2) is 13.6 Å². The predicted octanol–water partition coefficient (Wildman–Crippen LogP) is 4.87. The minimum atomic E-state index is -1.14. The Morgan fingerprint density at radius 3 is 2.67 bits per heavy atom. The number of carboxylic acid groups (broad SMARTS) is 1. The molecule has 3 aromatic rings. The fraction of sp³-hybridized carbons (Fsp3) is 0.346. The largest absolute Gasteiger partial charge is 0.493 e. The summed E-state index contributed by atoms with van der Waals surface area (Å²) in [4.78, 5) is 15.5. The van der Waals surface area contributed by atoms with E-state index in [-0.39, 0.29) is 35.5 Å². The molecule has 1 fully saturated rings. The van der Waals surface area contributed by atoms with Gasteiger partial charge in [0.15, 0.2) is 17.4 Å². The number of methoxy groups -OCH3 is 1. The van der Waals surface area contributed by atoms with Crippen LogP contribution in [0.25, 0.3) is 11.3 Å². The summed E-state index contributed by atoms with van der Waals surface area (Å²) in [6.45, 7) is 3.18. The zero-order valence-electron chi connectivity index (χ0n) is 19.9. The molecule has 0 aliphatic carbocycles. The van der Waals surface area contributed by atoms with Crippen LogP contribution in [0, 0.1) is 11.6 Å². The molecule has 0 saturated carbocycles.